The standard InChI is InChI=1S/C33H48O2/c1-2-3-4-5-6-7-8-9-12-27-14-16-28(17-15-27)29-18-20-30(21-19-29)31-22-24-32(25-23-31)35-33-13-10-11-26-34-33/h14-21,31-33H,2-13,22-26H2,1H3/t31-,32-,33?. The van der Waals surface area contributed by atoms with Crippen molar-refractivity contribution in [2.24, 2.45) is 0 Å². The lowest BCUT2D eigenvalue weighted by Gasteiger charge is -2.33. The van der Waals surface area contributed by atoms with Gasteiger partial charge in [0.1, 0.15) is 0 Å². The van der Waals surface area contributed by atoms with Crippen molar-refractivity contribution in [1.82, 2.24) is 0 Å². The highest BCUT2D eigenvalue weighted by Crippen LogP contribution is 2.36. The van der Waals surface area contributed by atoms with E-state index in [0.717, 1.165) is 25.9 Å². The van der Waals surface area contributed by atoms with Crippen molar-refractivity contribution >= 4 is 0 Å². The molecule has 1 saturated carbocycles. The molecule has 35 heavy (non-hydrogen) atoms. The molecule has 1 aliphatic carbocycles. The average molecular weight is 477 g/mol. The molecular weight excluding hydrogens is 428 g/mol. The molecule has 2 nitrogen and oxygen atoms in total. The molecule has 0 spiro atoms. The highest BCUT2D eigenvalue weighted by molar-refractivity contribution is 5.64. The van der Waals surface area contributed by atoms with E-state index in [0.29, 0.717) is 12.0 Å². The van der Waals surface area contributed by atoms with Gasteiger partial charge < -0.3 is 9.47 Å². The molecule has 0 N–H and O–H groups in total. The first-order chi connectivity index (χ1) is 17.3. The van der Waals surface area contributed by atoms with Gasteiger partial charge in [-0.2, -0.15) is 0 Å². The van der Waals surface area contributed by atoms with Crippen molar-refractivity contribution in [3.63, 3.8) is 0 Å². The monoisotopic (exact) mass is 476 g/mol. The van der Waals surface area contributed by atoms with E-state index in [1.807, 2.05) is 0 Å². The summed E-state index contributed by atoms with van der Waals surface area (Å²) in [6, 6.07) is 18.7. The number of hydrogen-bond donors (Lipinski definition) is 0. The van der Waals surface area contributed by atoms with Gasteiger partial charge in [0.2, 0.25) is 0 Å². The Morgan fingerprint density at radius 2 is 1.31 bits per heavy atom. The summed E-state index contributed by atoms with van der Waals surface area (Å²) in [6.45, 7) is 3.16. The fourth-order valence-electron chi connectivity index (χ4n) is 5.84. The molecule has 1 unspecified atom stereocenters. The maximum Gasteiger partial charge on any atom is 0.157 e. The molecule has 0 amide bonds. The molecule has 0 radical (unpaired) electrons. The van der Waals surface area contributed by atoms with E-state index in [9.17, 15) is 0 Å². The van der Waals surface area contributed by atoms with Crippen LogP contribution in [-0.4, -0.2) is 19.0 Å². The van der Waals surface area contributed by atoms with Crippen molar-refractivity contribution < 1.29 is 9.47 Å². The Labute approximate surface area is 214 Å². The normalized spacial score (nSPS) is 22.8. The molecule has 4 rings (SSSR count). The summed E-state index contributed by atoms with van der Waals surface area (Å²) in [4.78, 5) is 0. The van der Waals surface area contributed by atoms with E-state index in [2.05, 4.69) is 55.5 Å². The lowest BCUT2D eigenvalue weighted by Crippen LogP contribution is -2.30. The van der Waals surface area contributed by atoms with Gasteiger partial charge in [-0.1, -0.05) is 100 Å². The summed E-state index contributed by atoms with van der Waals surface area (Å²) in [7, 11) is 0. The van der Waals surface area contributed by atoms with Gasteiger partial charge in [-0.3, -0.25) is 0 Å². The second-order valence-electron chi connectivity index (χ2n) is 10.9. The minimum absolute atomic E-state index is 0.0521. The Morgan fingerprint density at radius 1 is 0.686 bits per heavy atom. The van der Waals surface area contributed by atoms with Crippen LogP contribution in [0.25, 0.3) is 11.1 Å². The Kier molecular flexibility index (Phi) is 11.2. The fraction of sp³-hybridized carbons (Fsp3) is 0.636. The van der Waals surface area contributed by atoms with Gasteiger partial charge in [0.25, 0.3) is 0 Å². The summed E-state index contributed by atoms with van der Waals surface area (Å²) in [5.41, 5.74) is 5.64. The Bertz CT molecular complexity index is 811. The van der Waals surface area contributed by atoms with Crippen LogP contribution in [0.5, 0.6) is 0 Å². The largest absolute Gasteiger partial charge is 0.353 e. The smallest absolute Gasteiger partial charge is 0.157 e. The quantitative estimate of drug-likeness (QED) is 0.268. The topological polar surface area (TPSA) is 18.5 Å². The van der Waals surface area contributed by atoms with Gasteiger partial charge in [-0.05, 0) is 86.0 Å². The van der Waals surface area contributed by atoms with Gasteiger partial charge in [0.15, 0.2) is 6.29 Å². The SMILES string of the molecule is CCCCCCCCCCc1ccc(-c2ccc([C@H]3CC[C@H](OC4CCCCO4)CC3)cc2)cc1. The van der Waals surface area contributed by atoms with Crippen LogP contribution in [0.3, 0.4) is 0 Å². The summed E-state index contributed by atoms with van der Waals surface area (Å²) < 4.78 is 12.0. The van der Waals surface area contributed by atoms with Crippen LogP contribution >= 0.6 is 0 Å². The Morgan fingerprint density at radius 3 is 1.94 bits per heavy atom. The number of benzene rings is 2. The summed E-state index contributed by atoms with van der Waals surface area (Å²) in [5, 5.41) is 0. The predicted octanol–water partition coefficient (Wildman–Crippen LogP) is 9.61. The third-order valence-electron chi connectivity index (χ3n) is 8.14. The van der Waals surface area contributed by atoms with Gasteiger partial charge in [0.05, 0.1) is 6.10 Å². The third-order valence-corrected chi connectivity index (χ3v) is 8.14. The lowest BCUT2D eigenvalue weighted by molar-refractivity contribution is -0.193. The van der Waals surface area contributed by atoms with Crippen molar-refractivity contribution in [2.75, 3.05) is 6.61 Å². The molecule has 2 heteroatoms. The molecule has 0 bridgehead atoms. The van der Waals surface area contributed by atoms with Crippen LogP contribution in [0.15, 0.2) is 48.5 Å². The van der Waals surface area contributed by atoms with Crippen LogP contribution in [0.4, 0.5) is 0 Å². The van der Waals surface area contributed by atoms with Gasteiger partial charge in [0, 0.05) is 6.61 Å². The zero-order chi connectivity index (χ0) is 24.1. The zero-order valence-corrected chi connectivity index (χ0v) is 22.2. The van der Waals surface area contributed by atoms with Gasteiger partial charge in [-0.25, -0.2) is 0 Å². The van der Waals surface area contributed by atoms with Gasteiger partial charge in [-0.15, -0.1) is 0 Å². The van der Waals surface area contributed by atoms with Crippen LogP contribution in [-0.2, 0) is 15.9 Å². The van der Waals surface area contributed by atoms with E-state index in [1.54, 1.807) is 0 Å². The number of hydrogen-bond acceptors (Lipinski definition) is 2. The Hall–Kier alpha value is -1.64. The first kappa shape index (κ1) is 26.4. The molecule has 192 valence electrons. The molecule has 2 aromatic carbocycles. The van der Waals surface area contributed by atoms with Crippen LogP contribution in [0.2, 0.25) is 0 Å². The van der Waals surface area contributed by atoms with Gasteiger partial charge >= 0.3 is 0 Å². The van der Waals surface area contributed by atoms with E-state index >= 15 is 0 Å². The van der Waals surface area contributed by atoms with Crippen LogP contribution in [0, 0.1) is 0 Å². The second-order valence-corrected chi connectivity index (χ2v) is 10.9. The van der Waals surface area contributed by atoms with E-state index < -0.39 is 0 Å². The predicted molar refractivity (Wildman–Crippen MR) is 148 cm³/mol. The minimum Gasteiger partial charge on any atom is -0.353 e. The molecular formula is C33H48O2. The number of unbranched alkanes of at least 4 members (excludes halogenated alkanes) is 7. The second kappa shape index (κ2) is 14.8. The minimum atomic E-state index is 0.0521. The average Bonchev–Trinajstić information content (AvgIpc) is 2.92. The molecule has 1 aliphatic heterocycles. The highest BCUT2D eigenvalue weighted by Gasteiger charge is 2.26. The van der Waals surface area contributed by atoms with E-state index in [1.165, 1.54) is 106 Å². The van der Waals surface area contributed by atoms with E-state index in [-0.39, 0.29) is 6.29 Å². The molecule has 1 saturated heterocycles. The van der Waals surface area contributed by atoms with Crippen molar-refractivity contribution in [2.45, 2.75) is 128 Å². The van der Waals surface area contributed by atoms with Crippen molar-refractivity contribution in [3.05, 3.63) is 59.7 Å². The Balaban J connectivity index is 1.17. The first-order valence-electron chi connectivity index (χ1n) is 14.8. The zero-order valence-electron chi connectivity index (χ0n) is 22.2. The molecule has 1 heterocycles. The number of ether oxygens (including phenoxy) is 2. The van der Waals surface area contributed by atoms with Crippen molar-refractivity contribution in [1.29, 1.82) is 0 Å². The first-order valence-corrected chi connectivity index (χ1v) is 14.8. The molecule has 2 fully saturated rings. The maximum absolute atomic E-state index is 6.24. The highest BCUT2D eigenvalue weighted by atomic mass is 16.7. The molecule has 2 aromatic rings. The fourth-order valence-corrected chi connectivity index (χ4v) is 5.84. The summed E-state index contributed by atoms with van der Waals surface area (Å²) in [6.07, 6.45) is 21.0. The number of aryl methyl sites for hydroxylation is 1. The number of rotatable bonds is 13. The third kappa shape index (κ3) is 8.76. The maximum atomic E-state index is 6.24. The van der Waals surface area contributed by atoms with E-state index in [4.69, 9.17) is 9.47 Å². The van der Waals surface area contributed by atoms with Crippen molar-refractivity contribution in [3.8, 4) is 11.1 Å². The lowest BCUT2D eigenvalue weighted by atomic mass is 9.82. The molecule has 0 aromatic heterocycles. The molecule has 2 aliphatic rings. The molecule has 1 atom stereocenters. The summed E-state index contributed by atoms with van der Waals surface area (Å²) >= 11 is 0. The van der Waals surface area contributed by atoms with Crippen LogP contribution in [0.1, 0.15) is 120 Å². The van der Waals surface area contributed by atoms with Crippen LogP contribution < -0.4 is 0 Å². The summed E-state index contributed by atoms with van der Waals surface area (Å²) in [5.74, 6) is 0.671.